The summed E-state index contributed by atoms with van der Waals surface area (Å²) in [6.07, 6.45) is 1.01. The standard InChI is InChI=1S/C24H28F3N5O2/c1-16-14-31(8-9-32(16)22-5-4-19(13-30-22)24(25,26)27)15-17-6-7-28-23(17)20-11-18(12-29-20)21(34)3-2-10-33/h4-6,11-13,16,29,33H,2-3,7-10,14-15H2,1H3/t16-/m1/s1. The fourth-order valence-electron chi connectivity index (χ4n) is 4.40. The number of alkyl halides is 3. The molecule has 34 heavy (non-hydrogen) atoms. The maximum atomic E-state index is 12.8. The van der Waals surface area contributed by atoms with Gasteiger partial charge in [-0.1, -0.05) is 6.08 Å². The van der Waals surface area contributed by atoms with E-state index in [4.69, 9.17) is 5.11 Å². The van der Waals surface area contributed by atoms with E-state index in [1.54, 1.807) is 6.20 Å². The van der Waals surface area contributed by atoms with Crippen LogP contribution in [0, 0.1) is 0 Å². The van der Waals surface area contributed by atoms with E-state index >= 15 is 0 Å². The monoisotopic (exact) mass is 475 g/mol. The van der Waals surface area contributed by atoms with Crippen LogP contribution in [0.5, 0.6) is 0 Å². The predicted molar refractivity (Wildman–Crippen MR) is 123 cm³/mol. The zero-order chi connectivity index (χ0) is 24.3. The van der Waals surface area contributed by atoms with Crippen LogP contribution in [0.2, 0.25) is 0 Å². The van der Waals surface area contributed by atoms with Crippen LogP contribution in [-0.4, -0.2) is 76.8 Å². The van der Waals surface area contributed by atoms with Gasteiger partial charge in [-0.05, 0) is 37.1 Å². The van der Waals surface area contributed by atoms with Gasteiger partial charge in [-0.3, -0.25) is 14.7 Å². The average molecular weight is 476 g/mol. The van der Waals surface area contributed by atoms with Crippen molar-refractivity contribution in [2.75, 3.05) is 44.2 Å². The van der Waals surface area contributed by atoms with Crippen molar-refractivity contribution in [3.05, 3.63) is 59.1 Å². The molecule has 0 amide bonds. The van der Waals surface area contributed by atoms with Gasteiger partial charge >= 0.3 is 6.18 Å². The lowest BCUT2D eigenvalue weighted by molar-refractivity contribution is -0.137. The summed E-state index contributed by atoms with van der Waals surface area (Å²) >= 11 is 0. The number of aliphatic hydroxyl groups is 1. The van der Waals surface area contributed by atoms with Gasteiger partial charge in [-0.15, -0.1) is 0 Å². The highest BCUT2D eigenvalue weighted by Crippen LogP contribution is 2.30. The number of hydrogen-bond donors (Lipinski definition) is 2. The number of nitrogens with zero attached hydrogens (tertiary/aromatic N) is 4. The quantitative estimate of drug-likeness (QED) is 0.573. The molecule has 2 N–H and O–H groups in total. The Hall–Kier alpha value is -2.98. The number of aromatic amines is 1. The van der Waals surface area contributed by atoms with E-state index in [0.717, 1.165) is 42.3 Å². The zero-order valence-electron chi connectivity index (χ0n) is 19.0. The number of halogens is 3. The van der Waals surface area contributed by atoms with Crippen LogP contribution < -0.4 is 4.90 Å². The first-order valence-electron chi connectivity index (χ1n) is 11.3. The summed E-state index contributed by atoms with van der Waals surface area (Å²) in [4.78, 5) is 28.4. The number of pyridine rings is 1. The number of carbonyl (C=O) groups is 1. The second-order valence-electron chi connectivity index (χ2n) is 8.65. The second kappa shape index (κ2) is 10.1. The number of piperazine rings is 1. The largest absolute Gasteiger partial charge is 0.417 e. The molecule has 10 heteroatoms. The van der Waals surface area contributed by atoms with E-state index in [2.05, 4.69) is 25.9 Å². The third-order valence-corrected chi connectivity index (χ3v) is 6.19. The maximum Gasteiger partial charge on any atom is 0.417 e. The number of aliphatic hydroxyl groups excluding tert-OH is 1. The molecule has 0 bridgehead atoms. The lowest BCUT2D eigenvalue weighted by atomic mass is 10.1. The molecule has 4 rings (SSSR count). The number of aromatic nitrogens is 2. The van der Waals surface area contributed by atoms with Gasteiger partial charge < -0.3 is 15.0 Å². The Morgan fingerprint density at radius 2 is 2.12 bits per heavy atom. The summed E-state index contributed by atoms with van der Waals surface area (Å²) in [6, 6.07) is 4.41. The van der Waals surface area contributed by atoms with Crippen molar-refractivity contribution < 1.29 is 23.1 Å². The lowest BCUT2D eigenvalue weighted by Gasteiger charge is -2.40. The van der Waals surface area contributed by atoms with Crippen LogP contribution in [0.1, 0.15) is 41.4 Å². The molecule has 4 heterocycles. The maximum absolute atomic E-state index is 12.8. The molecule has 182 valence electrons. The lowest BCUT2D eigenvalue weighted by Crippen LogP contribution is -2.52. The van der Waals surface area contributed by atoms with E-state index in [1.165, 1.54) is 6.07 Å². The summed E-state index contributed by atoms with van der Waals surface area (Å²) in [7, 11) is 0. The number of nitrogens with one attached hydrogen (secondary N) is 1. The van der Waals surface area contributed by atoms with Crippen molar-refractivity contribution >= 4 is 17.3 Å². The normalized spacial score (nSPS) is 19.3. The SMILES string of the molecule is C[C@@H]1CN(CC2=CCN=C2c2cc(C(=O)CCCO)c[nH]2)CCN1c1ccc(C(F)(F)F)cn1. The number of carbonyl (C=O) groups excluding carboxylic acids is 1. The Kier molecular flexibility index (Phi) is 7.18. The number of anilines is 1. The topological polar surface area (TPSA) is 84.8 Å². The molecule has 2 aromatic heterocycles. The summed E-state index contributed by atoms with van der Waals surface area (Å²) < 4.78 is 38.5. The highest BCUT2D eigenvalue weighted by Gasteiger charge is 2.32. The van der Waals surface area contributed by atoms with Gasteiger partial charge in [0.1, 0.15) is 5.82 Å². The number of rotatable bonds is 8. The van der Waals surface area contributed by atoms with Gasteiger partial charge in [0.2, 0.25) is 0 Å². The van der Waals surface area contributed by atoms with Gasteiger partial charge in [-0.25, -0.2) is 4.98 Å². The van der Waals surface area contributed by atoms with Crippen LogP contribution >= 0.6 is 0 Å². The average Bonchev–Trinajstić information content (AvgIpc) is 3.47. The molecule has 0 radical (unpaired) electrons. The highest BCUT2D eigenvalue weighted by molar-refractivity contribution is 6.14. The van der Waals surface area contributed by atoms with Crippen molar-refractivity contribution in [2.45, 2.75) is 32.0 Å². The summed E-state index contributed by atoms with van der Waals surface area (Å²) in [6.45, 7) is 5.45. The van der Waals surface area contributed by atoms with E-state index in [9.17, 15) is 18.0 Å². The fourth-order valence-corrected chi connectivity index (χ4v) is 4.40. The number of Topliss-reactive ketones (excluding diaryl/α,β-unsaturated/α-hetero) is 1. The van der Waals surface area contributed by atoms with Gasteiger partial charge in [-0.2, -0.15) is 13.2 Å². The first kappa shape index (κ1) is 24.2. The number of ketones is 1. The van der Waals surface area contributed by atoms with E-state index in [1.807, 2.05) is 17.9 Å². The molecule has 0 spiro atoms. The molecule has 0 aromatic carbocycles. The summed E-state index contributed by atoms with van der Waals surface area (Å²) in [5.74, 6) is 0.537. The fraction of sp³-hybridized carbons (Fsp3) is 0.458. The third kappa shape index (κ3) is 5.39. The number of H-pyrrole nitrogens is 1. The van der Waals surface area contributed by atoms with Gasteiger partial charge in [0.05, 0.1) is 23.5 Å². The minimum absolute atomic E-state index is 0.0107. The van der Waals surface area contributed by atoms with Crippen molar-refractivity contribution in [3.8, 4) is 0 Å². The van der Waals surface area contributed by atoms with Crippen molar-refractivity contribution in [3.63, 3.8) is 0 Å². The Morgan fingerprint density at radius 1 is 1.29 bits per heavy atom. The summed E-state index contributed by atoms with van der Waals surface area (Å²) in [5.41, 5.74) is 2.58. The van der Waals surface area contributed by atoms with E-state index in [-0.39, 0.29) is 18.4 Å². The molecule has 2 aromatic rings. The summed E-state index contributed by atoms with van der Waals surface area (Å²) in [5, 5.41) is 8.93. The molecule has 1 atom stereocenters. The Bertz CT molecular complexity index is 1080. The molecule has 2 aliphatic heterocycles. The smallest absolute Gasteiger partial charge is 0.396 e. The van der Waals surface area contributed by atoms with Crippen LogP contribution in [0.25, 0.3) is 0 Å². The van der Waals surface area contributed by atoms with Crippen molar-refractivity contribution in [1.82, 2.24) is 14.9 Å². The van der Waals surface area contributed by atoms with Crippen LogP contribution in [-0.2, 0) is 6.18 Å². The first-order valence-corrected chi connectivity index (χ1v) is 11.3. The van der Waals surface area contributed by atoms with Crippen LogP contribution in [0.3, 0.4) is 0 Å². The Morgan fingerprint density at radius 3 is 2.79 bits per heavy atom. The highest BCUT2D eigenvalue weighted by atomic mass is 19.4. The van der Waals surface area contributed by atoms with Gasteiger partial charge in [0.25, 0.3) is 0 Å². The molecule has 2 aliphatic rings. The Labute approximate surface area is 196 Å². The molecule has 0 saturated carbocycles. The van der Waals surface area contributed by atoms with Crippen molar-refractivity contribution in [1.29, 1.82) is 0 Å². The number of hydrogen-bond acceptors (Lipinski definition) is 6. The molecule has 0 aliphatic carbocycles. The molecule has 1 fully saturated rings. The minimum Gasteiger partial charge on any atom is -0.396 e. The second-order valence-corrected chi connectivity index (χ2v) is 8.65. The zero-order valence-corrected chi connectivity index (χ0v) is 19.0. The van der Waals surface area contributed by atoms with Crippen LogP contribution in [0.15, 0.2) is 47.2 Å². The molecule has 0 unspecified atom stereocenters. The number of aliphatic imine (C=N–C) groups is 1. The van der Waals surface area contributed by atoms with E-state index < -0.39 is 11.7 Å². The van der Waals surface area contributed by atoms with Crippen molar-refractivity contribution in [2.24, 2.45) is 4.99 Å². The minimum atomic E-state index is -4.39. The predicted octanol–water partition coefficient (Wildman–Crippen LogP) is 3.32. The Balaban J connectivity index is 1.36. The molecular formula is C24H28F3N5O2. The van der Waals surface area contributed by atoms with E-state index in [0.29, 0.717) is 43.9 Å². The van der Waals surface area contributed by atoms with Gasteiger partial charge in [0.15, 0.2) is 5.78 Å². The molecule has 1 saturated heterocycles. The third-order valence-electron chi connectivity index (χ3n) is 6.19. The molecule has 7 nitrogen and oxygen atoms in total. The first-order chi connectivity index (χ1) is 16.3. The van der Waals surface area contributed by atoms with Gasteiger partial charge in [0, 0.05) is 63.2 Å². The molecular weight excluding hydrogens is 447 g/mol. The van der Waals surface area contributed by atoms with Crippen LogP contribution in [0.4, 0.5) is 19.0 Å².